The lowest BCUT2D eigenvalue weighted by Gasteiger charge is -1.94. The fourth-order valence-electron chi connectivity index (χ4n) is 0.782. The number of rotatable bonds is 2. The molecule has 1 aromatic carbocycles. The van der Waals surface area contributed by atoms with Crippen molar-refractivity contribution in [3.8, 4) is 0 Å². The van der Waals surface area contributed by atoms with Crippen molar-refractivity contribution >= 4 is 29.3 Å². The molecule has 0 spiro atoms. The first-order valence-corrected chi connectivity index (χ1v) is 4.23. The van der Waals surface area contributed by atoms with Crippen molar-refractivity contribution in [2.45, 2.75) is 0 Å². The smallest absolute Gasteiger partial charge is 0.0478 e. The maximum Gasteiger partial charge on any atom is 0.0478 e. The number of alkyl halides is 1. The van der Waals surface area contributed by atoms with Gasteiger partial charge in [-0.05, 0) is 11.6 Å². The fourth-order valence-corrected chi connectivity index (χ4v) is 1.07. The Balaban J connectivity index is 2.86. The number of halogens is 2. The van der Waals surface area contributed by atoms with Gasteiger partial charge in [-0.15, -0.1) is 11.6 Å². The van der Waals surface area contributed by atoms with Crippen LogP contribution in [0.4, 0.5) is 0 Å². The largest absolute Gasteiger partial charge is 0.122 e. The van der Waals surface area contributed by atoms with E-state index in [0.29, 0.717) is 5.88 Å². The van der Waals surface area contributed by atoms with Gasteiger partial charge in [0.1, 0.15) is 0 Å². The second-order valence-electron chi connectivity index (χ2n) is 2.08. The Morgan fingerprint density at radius 1 is 1.27 bits per heavy atom. The zero-order valence-electron chi connectivity index (χ0n) is 5.93. The predicted molar refractivity (Wildman–Crippen MR) is 51.2 cm³/mol. The maximum absolute atomic E-state index is 5.87. The molecule has 0 N–H and O–H groups in total. The fraction of sp³-hybridized carbons (Fsp3) is 0.111. The normalized spacial score (nSPS) is 10.7. The lowest BCUT2D eigenvalue weighted by molar-refractivity contribution is 1.64. The molecule has 0 nitrogen and oxygen atoms in total. The van der Waals surface area contributed by atoms with Crippen LogP contribution in [0.5, 0.6) is 0 Å². The predicted octanol–water partition coefficient (Wildman–Crippen LogP) is 3.59. The highest BCUT2D eigenvalue weighted by molar-refractivity contribution is 6.32. The van der Waals surface area contributed by atoms with Gasteiger partial charge in [-0.2, -0.15) is 0 Å². The van der Waals surface area contributed by atoms with Gasteiger partial charge in [0.2, 0.25) is 0 Å². The van der Waals surface area contributed by atoms with E-state index in [4.69, 9.17) is 23.2 Å². The van der Waals surface area contributed by atoms with Crippen molar-refractivity contribution < 1.29 is 0 Å². The Hall–Kier alpha value is -0.460. The Morgan fingerprint density at radius 2 is 2.00 bits per heavy atom. The Morgan fingerprint density at radius 3 is 2.64 bits per heavy atom. The molecule has 2 heteroatoms. The number of allylic oxidation sites excluding steroid dienone is 1. The van der Waals surface area contributed by atoms with Gasteiger partial charge in [-0.3, -0.25) is 0 Å². The first-order chi connectivity index (χ1) is 5.34. The molecule has 11 heavy (non-hydrogen) atoms. The molecule has 58 valence electrons. The maximum atomic E-state index is 5.87. The molecule has 0 saturated carbocycles. The monoisotopic (exact) mass is 186 g/mol. The van der Waals surface area contributed by atoms with Crippen LogP contribution in [0.15, 0.2) is 30.3 Å². The minimum atomic E-state index is 0.519. The molecule has 0 saturated heterocycles. The molecule has 0 bridgehead atoms. The second kappa shape index (κ2) is 4.42. The van der Waals surface area contributed by atoms with Gasteiger partial charge >= 0.3 is 0 Å². The molecule has 0 fully saturated rings. The van der Waals surface area contributed by atoms with Crippen LogP contribution in [0.2, 0.25) is 5.02 Å². The molecule has 0 heterocycles. The quantitative estimate of drug-likeness (QED) is 0.620. The molecule has 0 aliphatic rings. The highest BCUT2D eigenvalue weighted by atomic mass is 35.5. The number of benzene rings is 1. The zero-order chi connectivity index (χ0) is 8.10. The van der Waals surface area contributed by atoms with Gasteiger partial charge in [0, 0.05) is 10.9 Å². The van der Waals surface area contributed by atoms with Crippen LogP contribution in [0.3, 0.4) is 0 Å². The molecule has 0 aliphatic heterocycles. The Kier molecular flexibility index (Phi) is 3.47. The summed E-state index contributed by atoms with van der Waals surface area (Å²) in [4.78, 5) is 0. The molecular weight excluding hydrogens is 179 g/mol. The summed E-state index contributed by atoms with van der Waals surface area (Å²) < 4.78 is 0. The van der Waals surface area contributed by atoms with E-state index in [-0.39, 0.29) is 0 Å². The van der Waals surface area contributed by atoms with E-state index < -0.39 is 0 Å². The molecule has 1 rings (SSSR count). The lowest BCUT2D eigenvalue weighted by Crippen LogP contribution is -1.72. The van der Waals surface area contributed by atoms with Crippen molar-refractivity contribution in [1.82, 2.24) is 0 Å². The summed E-state index contributed by atoms with van der Waals surface area (Å²) in [5.74, 6) is 0.519. The molecule has 0 aliphatic carbocycles. The van der Waals surface area contributed by atoms with Crippen molar-refractivity contribution in [3.63, 3.8) is 0 Å². The SMILES string of the molecule is ClC/C=C/c1ccccc1Cl. The van der Waals surface area contributed by atoms with Crippen LogP contribution in [0, 0.1) is 0 Å². The molecule has 1 aromatic rings. The van der Waals surface area contributed by atoms with Crippen molar-refractivity contribution in [2.24, 2.45) is 0 Å². The third-order valence-electron chi connectivity index (χ3n) is 1.29. The molecule has 0 unspecified atom stereocenters. The van der Waals surface area contributed by atoms with Crippen LogP contribution in [-0.2, 0) is 0 Å². The average Bonchev–Trinajstić information content (AvgIpc) is 2.03. The Labute approximate surface area is 76.4 Å². The minimum absolute atomic E-state index is 0.519. The summed E-state index contributed by atoms with van der Waals surface area (Å²) in [6, 6.07) is 7.65. The summed E-state index contributed by atoms with van der Waals surface area (Å²) in [6.45, 7) is 0. The zero-order valence-corrected chi connectivity index (χ0v) is 7.44. The van der Waals surface area contributed by atoms with Crippen LogP contribution in [0.25, 0.3) is 6.08 Å². The van der Waals surface area contributed by atoms with Crippen LogP contribution < -0.4 is 0 Å². The van der Waals surface area contributed by atoms with E-state index in [9.17, 15) is 0 Å². The van der Waals surface area contributed by atoms with Gasteiger partial charge < -0.3 is 0 Å². The standard InChI is InChI=1S/C9H8Cl2/c10-7-3-5-8-4-1-2-6-9(8)11/h1-6H,7H2/b5-3+. The molecule has 0 amide bonds. The van der Waals surface area contributed by atoms with Gasteiger partial charge in [-0.25, -0.2) is 0 Å². The third kappa shape index (κ3) is 2.57. The van der Waals surface area contributed by atoms with Gasteiger partial charge in [0.15, 0.2) is 0 Å². The lowest BCUT2D eigenvalue weighted by atomic mass is 10.2. The first-order valence-electron chi connectivity index (χ1n) is 3.31. The first kappa shape index (κ1) is 8.63. The van der Waals surface area contributed by atoms with Crippen molar-refractivity contribution in [1.29, 1.82) is 0 Å². The summed E-state index contributed by atoms with van der Waals surface area (Å²) in [6.07, 6.45) is 3.78. The van der Waals surface area contributed by atoms with Crippen LogP contribution in [-0.4, -0.2) is 5.88 Å². The van der Waals surface area contributed by atoms with Gasteiger partial charge in [-0.1, -0.05) is 42.0 Å². The van der Waals surface area contributed by atoms with E-state index in [0.717, 1.165) is 10.6 Å². The second-order valence-corrected chi connectivity index (χ2v) is 2.79. The Bertz CT molecular complexity index is 253. The number of hydrogen-bond acceptors (Lipinski definition) is 0. The topological polar surface area (TPSA) is 0 Å². The van der Waals surface area contributed by atoms with Crippen molar-refractivity contribution in [3.05, 3.63) is 40.9 Å². The van der Waals surface area contributed by atoms with E-state index in [1.165, 1.54) is 0 Å². The van der Waals surface area contributed by atoms with Crippen LogP contribution >= 0.6 is 23.2 Å². The molecular formula is C9H8Cl2. The average molecular weight is 187 g/mol. The van der Waals surface area contributed by atoms with Gasteiger partial charge in [0.25, 0.3) is 0 Å². The highest BCUT2D eigenvalue weighted by Crippen LogP contribution is 2.15. The third-order valence-corrected chi connectivity index (χ3v) is 1.81. The van der Waals surface area contributed by atoms with E-state index in [1.807, 2.05) is 36.4 Å². The number of hydrogen-bond donors (Lipinski definition) is 0. The molecule has 0 radical (unpaired) electrons. The van der Waals surface area contributed by atoms with E-state index in [1.54, 1.807) is 0 Å². The molecule has 0 atom stereocenters. The highest BCUT2D eigenvalue weighted by Gasteiger charge is 1.91. The van der Waals surface area contributed by atoms with E-state index >= 15 is 0 Å². The summed E-state index contributed by atoms with van der Waals surface area (Å²) in [5.41, 5.74) is 1.01. The summed E-state index contributed by atoms with van der Waals surface area (Å²) in [7, 11) is 0. The van der Waals surface area contributed by atoms with Crippen LogP contribution in [0.1, 0.15) is 5.56 Å². The van der Waals surface area contributed by atoms with Gasteiger partial charge in [0.05, 0.1) is 0 Å². The summed E-state index contributed by atoms with van der Waals surface area (Å²) >= 11 is 11.3. The summed E-state index contributed by atoms with van der Waals surface area (Å²) in [5, 5.41) is 0.758. The molecule has 0 aromatic heterocycles. The van der Waals surface area contributed by atoms with E-state index in [2.05, 4.69) is 0 Å². The minimum Gasteiger partial charge on any atom is -0.122 e. The van der Waals surface area contributed by atoms with Crippen molar-refractivity contribution in [2.75, 3.05) is 5.88 Å².